The minimum atomic E-state index is -0.828. The number of hydrogen-bond acceptors (Lipinski definition) is 7. The van der Waals surface area contributed by atoms with Crippen molar-refractivity contribution in [1.82, 2.24) is 29.4 Å². The molecule has 45 heavy (non-hydrogen) atoms. The summed E-state index contributed by atoms with van der Waals surface area (Å²) in [5.41, 5.74) is 4.53. The van der Waals surface area contributed by atoms with Gasteiger partial charge in [0.1, 0.15) is 35.4 Å². The van der Waals surface area contributed by atoms with Gasteiger partial charge in [-0.1, -0.05) is 12.6 Å². The van der Waals surface area contributed by atoms with E-state index in [1.807, 2.05) is 54.4 Å². The molecule has 7 rings (SSSR count). The van der Waals surface area contributed by atoms with Gasteiger partial charge in [0.05, 0.1) is 47.9 Å². The maximum Gasteiger partial charge on any atom is 0.246 e. The molecule has 5 heterocycles. The van der Waals surface area contributed by atoms with Crippen LogP contribution in [0, 0.1) is 11.6 Å². The third kappa shape index (κ3) is 4.77. The highest BCUT2D eigenvalue weighted by Crippen LogP contribution is 2.47. The summed E-state index contributed by atoms with van der Waals surface area (Å²) in [6, 6.07) is 11.4. The van der Waals surface area contributed by atoms with Crippen LogP contribution in [0.15, 0.2) is 66.7 Å². The van der Waals surface area contributed by atoms with Crippen molar-refractivity contribution in [1.29, 1.82) is 0 Å². The summed E-state index contributed by atoms with van der Waals surface area (Å²) >= 11 is 1.40. The van der Waals surface area contributed by atoms with Gasteiger partial charge in [0.2, 0.25) is 5.91 Å². The number of thiophene rings is 1. The Labute approximate surface area is 260 Å². The first-order valence-corrected chi connectivity index (χ1v) is 15.2. The Morgan fingerprint density at radius 3 is 2.80 bits per heavy atom. The summed E-state index contributed by atoms with van der Waals surface area (Å²) in [5.74, 6) is -1.86. The Morgan fingerprint density at radius 2 is 2.00 bits per heavy atom. The zero-order chi connectivity index (χ0) is 31.4. The molecule has 1 atom stereocenters. The van der Waals surface area contributed by atoms with E-state index < -0.39 is 11.6 Å². The van der Waals surface area contributed by atoms with Crippen LogP contribution in [-0.4, -0.2) is 60.2 Å². The number of ether oxygens (including phenoxy) is 1. The summed E-state index contributed by atoms with van der Waals surface area (Å²) < 4.78 is 40.5. The summed E-state index contributed by atoms with van der Waals surface area (Å²) in [5, 5.41) is 22.3. The lowest BCUT2D eigenvalue weighted by Gasteiger charge is -2.33. The molecule has 1 aliphatic rings. The van der Waals surface area contributed by atoms with Gasteiger partial charge in [0.15, 0.2) is 0 Å². The van der Waals surface area contributed by atoms with Gasteiger partial charge in [0, 0.05) is 52.3 Å². The number of carbonyl (C=O) groups is 1. The second kappa shape index (κ2) is 11.2. The van der Waals surface area contributed by atoms with Crippen molar-refractivity contribution < 1.29 is 23.4 Å². The number of halogens is 2. The lowest BCUT2D eigenvalue weighted by Crippen LogP contribution is -2.40. The van der Waals surface area contributed by atoms with Crippen LogP contribution in [0.5, 0.6) is 5.75 Å². The number of aromatic nitrogens is 5. The fourth-order valence-electron chi connectivity index (χ4n) is 6.07. The van der Waals surface area contributed by atoms with E-state index in [1.165, 1.54) is 17.4 Å². The van der Waals surface area contributed by atoms with Gasteiger partial charge in [-0.15, -0.1) is 11.3 Å². The normalized spacial score (nSPS) is 14.7. The maximum absolute atomic E-state index is 15.9. The molecule has 4 aromatic heterocycles. The molecular weight excluding hydrogens is 598 g/mol. The van der Waals surface area contributed by atoms with Crippen LogP contribution >= 0.6 is 11.3 Å². The summed E-state index contributed by atoms with van der Waals surface area (Å²) in [7, 11) is 1.88. The molecular formula is C33H28F2N6O3S. The first-order chi connectivity index (χ1) is 21.8. The molecule has 12 heteroatoms. The van der Waals surface area contributed by atoms with Crippen molar-refractivity contribution in [3.63, 3.8) is 0 Å². The predicted molar refractivity (Wildman–Crippen MR) is 169 cm³/mol. The molecule has 2 aromatic carbocycles. The highest BCUT2D eigenvalue weighted by Gasteiger charge is 2.31. The van der Waals surface area contributed by atoms with Crippen LogP contribution in [0.25, 0.3) is 54.8 Å². The van der Waals surface area contributed by atoms with Crippen LogP contribution in [0.2, 0.25) is 0 Å². The van der Waals surface area contributed by atoms with Gasteiger partial charge in [-0.2, -0.15) is 10.2 Å². The SMILES string of the molecule is C=CC(=O)N1CCn2nc(-c3nc(-c4ccc5c(cnn5C)c4)c4ccsc4c3-c3c(F)cc(F)cc3OCCO)cc2[C@@H]1C. The van der Waals surface area contributed by atoms with Gasteiger partial charge >= 0.3 is 0 Å². The number of pyridine rings is 1. The first-order valence-electron chi connectivity index (χ1n) is 14.4. The second-order valence-electron chi connectivity index (χ2n) is 10.8. The minimum Gasteiger partial charge on any atom is -0.490 e. The lowest BCUT2D eigenvalue weighted by atomic mass is 9.96. The molecule has 0 unspecified atom stereocenters. The molecule has 1 amide bonds. The highest BCUT2D eigenvalue weighted by molar-refractivity contribution is 7.18. The lowest BCUT2D eigenvalue weighted by molar-refractivity contribution is -0.129. The van der Waals surface area contributed by atoms with E-state index in [0.29, 0.717) is 40.4 Å². The monoisotopic (exact) mass is 626 g/mol. The van der Waals surface area contributed by atoms with Crippen molar-refractivity contribution >= 4 is 38.2 Å². The summed E-state index contributed by atoms with van der Waals surface area (Å²) in [4.78, 5) is 19.5. The summed E-state index contributed by atoms with van der Waals surface area (Å²) in [6.07, 6.45) is 3.09. The van der Waals surface area contributed by atoms with Crippen molar-refractivity contribution in [2.45, 2.75) is 19.5 Å². The number of aryl methyl sites for hydroxylation is 1. The zero-order valence-electron chi connectivity index (χ0n) is 24.5. The number of rotatable bonds is 7. The first kappa shape index (κ1) is 28.8. The van der Waals surface area contributed by atoms with E-state index in [2.05, 4.69) is 11.7 Å². The number of hydrogen-bond donors (Lipinski definition) is 1. The van der Waals surface area contributed by atoms with Gasteiger partial charge in [0.25, 0.3) is 0 Å². The Balaban J connectivity index is 1.52. The average Bonchev–Trinajstić information content (AvgIpc) is 3.78. The number of aliphatic hydroxyl groups is 1. The Morgan fingerprint density at radius 1 is 1.16 bits per heavy atom. The average molecular weight is 627 g/mol. The van der Waals surface area contributed by atoms with E-state index in [0.717, 1.165) is 39.7 Å². The minimum absolute atomic E-state index is 0.0246. The quantitative estimate of drug-likeness (QED) is 0.215. The van der Waals surface area contributed by atoms with Crippen molar-refractivity contribution in [3.05, 3.63) is 84.0 Å². The molecule has 228 valence electrons. The largest absolute Gasteiger partial charge is 0.490 e. The maximum atomic E-state index is 15.9. The van der Waals surface area contributed by atoms with Gasteiger partial charge in [-0.3, -0.25) is 14.2 Å². The van der Waals surface area contributed by atoms with Gasteiger partial charge in [-0.25, -0.2) is 13.8 Å². The summed E-state index contributed by atoms with van der Waals surface area (Å²) in [6.45, 7) is 5.97. The van der Waals surface area contributed by atoms with E-state index in [-0.39, 0.29) is 36.5 Å². The molecule has 0 saturated heterocycles. The number of fused-ring (bicyclic) bond motifs is 3. The van der Waals surface area contributed by atoms with Crippen molar-refractivity contribution in [2.24, 2.45) is 7.05 Å². The van der Waals surface area contributed by atoms with Crippen LogP contribution in [0.4, 0.5) is 8.78 Å². The fourth-order valence-corrected chi connectivity index (χ4v) is 7.02. The molecule has 1 N–H and O–H groups in total. The fraction of sp³-hybridized carbons (Fsp3) is 0.212. The van der Waals surface area contributed by atoms with E-state index >= 15 is 4.39 Å². The molecule has 0 saturated carbocycles. The Bertz CT molecular complexity index is 2130. The van der Waals surface area contributed by atoms with E-state index in [1.54, 1.807) is 15.8 Å². The van der Waals surface area contributed by atoms with Crippen LogP contribution in [0.3, 0.4) is 0 Å². The van der Waals surface area contributed by atoms with Gasteiger partial charge in [-0.05, 0) is 42.6 Å². The smallest absolute Gasteiger partial charge is 0.246 e. The van der Waals surface area contributed by atoms with Crippen molar-refractivity contribution in [2.75, 3.05) is 19.8 Å². The number of aliphatic hydroxyl groups excluding tert-OH is 1. The van der Waals surface area contributed by atoms with Crippen LogP contribution in [0.1, 0.15) is 18.7 Å². The molecule has 1 aliphatic heterocycles. The molecule has 0 aliphatic carbocycles. The van der Waals surface area contributed by atoms with E-state index in [4.69, 9.17) is 14.8 Å². The molecule has 6 aromatic rings. The topological polar surface area (TPSA) is 98.3 Å². The third-order valence-electron chi connectivity index (χ3n) is 8.20. The van der Waals surface area contributed by atoms with E-state index in [9.17, 15) is 14.3 Å². The zero-order valence-corrected chi connectivity index (χ0v) is 25.3. The Hall–Kier alpha value is -4.94. The van der Waals surface area contributed by atoms with Crippen LogP contribution in [-0.2, 0) is 18.4 Å². The standard InChI is InChI=1S/C33H28F2N6O3S/c1-4-28(43)40-8-9-41-26(18(40)2)16-24(38-41)32-30(29-23(35)14-21(34)15-27(29)44-11-10-42)33-22(7-12-45-33)31(37-32)19-5-6-25-20(13-19)17-36-39(25)3/h4-7,12-18,42H,1,8-11H2,2-3H3/t18-/m0/s1. The third-order valence-corrected chi connectivity index (χ3v) is 9.14. The van der Waals surface area contributed by atoms with Gasteiger partial charge < -0.3 is 14.7 Å². The molecule has 0 fully saturated rings. The molecule has 9 nitrogen and oxygen atoms in total. The number of nitrogens with zero attached hydrogens (tertiary/aromatic N) is 6. The number of benzene rings is 2. The van der Waals surface area contributed by atoms with Crippen LogP contribution < -0.4 is 4.74 Å². The van der Waals surface area contributed by atoms with Crippen molar-refractivity contribution in [3.8, 4) is 39.5 Å². The molecule has 0 spiro atoms. The Kier molecular flexibility index (Phi) is 7.17. The molecule has 0 radical (unpaired) electrons. The molecule has 0 bridgehead atoms. The number of carbonyl (C=O) groups excluding carboxylic acids is 1. The predicted octanol–water partition coefficient (Wildman–Crippen LogP) is 6.12. The number of amides is 1. The second-order valence-corrected chi connectivity index (χ2v) is 11.7. The highest BCUT2D eigenvalue weighted by atomic mass is 32.1.